The molecule has 0 saturated carbocycles. The van der Waals surface area contributed by atoms with Gasteiger partial charge in [0.1, 0.15) is 18.0 Å². The number of amides is 3. The average molecular weight is 495 g/mol. The van der Waals surface area contributed by atoms with Gasteiger partial charge in [0.25, 0.3) is 0 Å². The second-order valence-corrected chi connectivity index (χ2v) is 10.5. The maximum Gasteiger partial charge on any atom is 0.411 e. The van der Waals surface area contributed by atoms with Crippen molar-refractivity contribution in [3.63, 3.8) is 0 Å². The Balaban J connectivity index is 1.40. The molecule has 9 heteroatoms. The molecule has 1 saturated heterocycles. The van der Waals surface area contributed by atoms with Gasteiger partial charge in [0.15, 0.2) is 0 Å². The first-order valence-electron chi connectivity index (χ1n) is 11.6. The lowest BCUT2D eigenvalue weighted by atomic mass is 10.0. The van der Waals surface area contributed by atoms with Crippen LogP contribution in [0.4, 0.5) is 10.6 Å². The van der Waals surface area contributed by atoms with E-state index in [9.17, 15) is 14.4 Å². The fraction of sp³-hybridized carbons (Fsp3) is 0.385. The zero-order valence-electron chi connectivity index (χ0n) is 20.2. The highest BCUT2D eigenvalue weighted by molar-refractivity contribution is 7.08. The Morgan fingerprint density at radius 1 is 1.14 bits per heavy atom. The van der Waals surface area contributed by atoms with Crippen molar-refractivity contribution in [1.29, 1.82) is 0 Å². The number of anilines is 1. The van der Waals surface area contributed by atoms with E-state index >= 15 is 0 Å². The van der Waals surface area contributed by atoms with Crippen molar-refractivity contribution < 1.29 is 19.1 Å². The van der Waals surface area contributed by atoms with E-state index in [-0.39, 0.29) is 24.9 Å². The predicted molar refractivity (Wildman–Crippen MR) is 137 cm³/mol. The third-order valence-electron chi connectivity index (χ3n) is 5.64. The molecule has 1 fully saturated rings. The standard InChI is InChI=1S/C26H30N4O4S/c1-26(2,3)34-25(33)30-15-21-13-19(14-27-24(21)28-22(31)16-30)4-5-23(32)29-9-6-18(7-10-29)12-20-8-11-35-17-20/h4-5,8,11-14,17H,6-7,9-10,15-16H2,1-3H3,(H,27,28,31)/b5-4+. The van der Waals surface area contributed by atoms with E-state index in [1.807, 2.05) is 11.0 Å². The number of hydrogen-bond acceptors (Lipinski definition) is 6. The molecule has 184 valence electrons. The number of carbonyl (C=O) groups is 3. The minimum Gasteiger partial charge on any atom is -0.444 e. The van der Waals surface area contributed by atoms with Gasteiger partial charge in [-0.3, -0.25) is 14.5 Å². The van der Waals surface area contributed by atoms with E-state index in [0.29, 0.717) is 30.0 Å². The highest BCUT2D eigenvalue weighted by Crippen LogP contribution is 2.23. The maximum atomic E-state index is 12.7. The van der Waals surface area contributed by atoms with Gasteiger partial charge in [-0.2, -0.15) is 11.3 Å². The van der Waals surface area contributed by atoms with Crippen LogP contribution >= 0.6 is 11.3 Å². The Kier molecular flexibility index (Phi) is 7.35. The maximum absolute atomic E-state index is 12.7. The Morgan fingerprint density at radius 2 is 1.91 bits per heavy atom. The summed E-state index contributed by atoms with van der Waals surface area (Å²) in [5.41, 5.74) is 3.32. The number of thiophene rings is 1. The number of likely N-dealkylation sites (tertiary alicyclic amines) is 1. The van der Waals surface area contributed by atoms with Crippen LogP contribution in [-0.4, -0.2) is 57.9 Å². The number of nitrogens with zero attached hydrogens (tertiary/aromatic N) is 3. The molecule has 0 aliphatic carbocycles. The van der Waals surface area contributed by atoms with Crippen molar-refractivity contribution in [2.75, 3.05) is 25.0 Å². The van der Waals surface area contributed by atoms with Gasteiger partial charge in [0, 0.05) is 30.9 Å². The molecule has 4 heterocycles. The SMILES string of the molecule is CC(C)(C)OC(=O)N1CC(=O)Nc2ncc(/C=C/C(=O)N3CCC(=Cc4ccsc4)CC3)cc2C1. The van der Waals surface area contributed by atoms with E-state index < -0.39 is 11.7 Å². The molecular weight excluding hydrogens is 464 g/mol. The van der Waals surface area contributed by atoms with Crippen LogP contribution in [0.2, 0.25) is 0 Å². The first-order valence-corrected chi connectivity index (χ1v) is 12.6. The van der Waals surface area contributed by atoms with Crippen molar-refractivity contribution in [1.82, 2.24) is 14.8 Å². The number of rotatable bonds is 3. The molecule has 2 aromatic rings. The Morgan fingerprint density at radius 3 is 2.60 bits per heavy atom. The first-order chi connectivity index (χ1) is 16.7. The summed E-state index contributed by atoms with van der Waals surface area (Å²) in [6, 6.07) is 3.93. The van der Waals surface area contributed by atoms with Gasteiger partial charge in [0.05, 0.1) is 6.54 Å². The Hall–Kier alpha value is -3.46. The number of fused-ring (bicyclic) bond motifs is 1. The second kappa shape index (κ2) is 10.4. The first kappa shape index (κ1) is 24.7. The van der Waals surface area contributed by atoms with E-state index in [0.717, 1.165) is 12.8 Å². The molecule has 0 radical (unpaired) electrons. The van der Waals surface area contributed by atoms with Crippen molar-refractivity contribution in [2.45, 2.75) is 45.8 Å². The van der Waals surface area contributed by atoms with Crippen LogP contribution in [0.1, 0.15) is 50.3 Å². The normalized spacial score (nSPS) is 16.5. The fourth-order valence-electron chi connectivity index (χ4n) is 3.94. The number of piperidine rings is 1. The molecule has 0 spiro atoms. The highest BCUT2D eigenvalue weighted by Gasteiger charge is 2.28. The number of ether oxygens (including phenoxy) is 1. The smallest absolute Gasteiger partial charge is 0.411 e. The summed E-state index contributed by atoms with van der Waals surface area (Å²) in [4.78, 5) is 45.1. The third kappa shape index (κ3) is 6.79. The van der Waals surface area contributed by atoms with Crippen LogP contribution in [0.15, 0.2) is 40.7 Å². The van der Waals surface area contributed by atoms with Crippen molar-refractivity contribution in [3.05, 3.63) is 57.4 Å². The van der Waals surface area contributed by atoms with Crippen molar-refractivity contribution in [3.8, 4) is 0 Å². The molecule has 0 bridgehead atoms. The number of pyridine rings is 1. The molecule has 0 atom stereocenters. The molecule has 4 rings (SSSR count). The molecular formula is C26H30N4O4S. The van der Waals surface area contributed by atoms with Gasteiger partial charge < -0.3 is 15.0 Å². The van der Waals surface area contributed by atoms with E-state index in [1.54, 1.807) is 50.5 Å². The second-order valence-electron chi connectivity index (χ2n) is 9.68. The van der Waals surface area contributed by atoms with Gasteiger partial charge in [-0.05, 0) is 73.7 Å². The van der Waals surface area contributed by atoms with Gasteiger partial charge in [-0.25, -0.2) is 9.78 Å². The van der Waals surface area contributed by atoms with Crippen LogP contribution in [0.3, 0.4) is 0 Å². The molecule has 8 nitrogen and oxygen atoms in total. The predicted octanol–water partition coefficient (Wildman–Crippen LogP) is 4.55. The number of carbonyl (C=O) groups excluding carboxylic acids is 3. The molecule has 1 N–H and O–H groups in total. The summed E-state index contributed by atoms with van der Waals surface area (Å²) in [5.74, 6) is 0.0295. The quantitative estimate of drug-likeness (QED) is 0.632. The monoisotopic (exact) mass is 494 g/mol. The fourth-order valence-corrected chi connectivity index (χ4v) is 4.56. The van der Waals surface area contributed by atoms with Gasteiger partial charge in [-0.1, -0.05) is 11.6 Å². The summed E-state index contributed by atoms with van der Waals surface area (Å²) >= 11 is 1.68. The lowest BCUT2D eigenvalue weighted by Gasteiger charge is -2.27. The largest absolute Gasteiger partial charge is 0.444 e. The van der Waals surface area contributed by atoms with Crippen LogP contribution < -0.4 is 5.32 Å². The Labute approximate surface area is 209 Å². The van der Waals surface area contributed by atoms with E-state index in [2.05, 4.69) is 33.2 Å². The lowest BCUT2D eigenvalue weighted by Crippen LogP contribution is -2.39. The Bertz CT molecular complexity index is 1150. The van der Waals surface area contributed by atoms with Crippen LogP contribution in [0.5, 0.6) is 0 Å². The number of nitrogens with one attached hydrogen (secondary N) is 1. The molecule has 3 amide bonds. The number of hydrogen-bond donors (Lipinski definition) is 1. The molecule has 2 aromatic heterocycles. The van der Waals surface area contributed by atoms with E-state index in [1.165, 1.54) is 16.0 Å². The molecule has 2 aliphatic heterocycles. The topological polar surface area (TPSA) is 91.8 Å². The van der Waals surface area contributed by atoms with Crippen molar-refractivity contribution >= 4 is 47.2 Å². The molecule has 0 unspecified atom stereocenters. The average Bonchev–Trinajstić information content (AvgIpc) is 3.24. The van der Waals surface area contributed by atoms with Crippen LogP contribution in [-0.2, 0) is 20.9 Å². The molecule has 35 heavy (non-hydrogen) atoms. The highest BCUT2D eigenvalue weighted by atomic mass is 32.1. The van der Waals surface area contributed by atoms with Gasteiger partial charge in [0.2, 0.25) is 11.8 Å². The summed E-state index contributed by atoms with van der Waals surface area (Å²) in [6.07, 6.45) is 8.27. The summed E-state index contributed by atoms with van der Waals surface area (Å²) in [5, 5.41) is 6.92. The van der Waals surface area contributed by atoms with Gasteiger partial charge in [-0.15, -0.1) is 0 Å². The van der Waals surface area contributed by atoms with Crippen LogP contribution in [0.25, 0.3) is 12.2 Å². The minimum atomic E-state index is -0.666. The lowest BCUT2D eigenvalue weighted by molar-refractivity contribution is -0.126. The summed E-state index contributed by atoms with van der Waals surface area (Å²) < 4.78 is 5.43. The van der Waals surface area contributed by atoms with Gasteiger partial charge >= 0.3 is 6.09 Å². The molecule has 2 aliphatic rings. The minimum absolute atomic E-state index is 0.0433. The van der Waals surface area contributed by atoms with Crippen LogP contribution in [0, 0.1) is 0 Å². The zero-order chi connectivity index (χ0) is 25.0. The molecule has 0 aromatic carbocycles. The summed E-state index contributed by atoms with van der Waals surface area (Å²) in [6.45, 7) is 6.78. The summed E-state index contributed by atoms with van der Waals surface area (Å²) in [7, 11) is 0. The van der Waals surface area contributed by atoms with E-state index in [4.69, 9.17) is 4.74 Å². The third-order valence-corrected chi connectivity index (χ3v) is 6.34. The zero-order valence-corrected chi connectivity index (χ0v) is 21.1. The number of aromatic nitrogens is 1. The van der Waals surface area contributed by atoms with Crippen molar-refractivity contribution in [2.24, 2.45) is 0 Å².